The van der Waals surface area contributed by atoms with Gasteiger partial charge in [0.2, 0.25) is 0 Å². The number of carbonyl (C=O) groups is 2. The highest BCUT2D eigenvalue weighted by molar-refractivity contribution is 5.93. The lowest BCUT2D eigenvalue weighted by Crippen LogP contribution is -2.47. The Kier molecular flexibility index (Phi) is 5.60. The summed E-state index contributed by atoms with van der Waals surface area (Å²) in [5.74, 6) is 0.0527. The van der Waals surface area contributed by atoms with Crippen LogP contribution in [0.4, 0.5) is 0 Å². The maximum absolute atomic E-state index is 12.1. The predicted octanol–water partition coefficient (Wildman–Crippen LogP) is 2.18. The van der Waals surface area contributed by atoms with E-state index in [2.05, 4.69) is 12.2 Å². The highest BCUT2D eigenvalue weighted by Crippen LogP contribution is 2.27. The molecule has 1 heterocycles. The van der Waals surface area contributed by atoms with E-state index in [-0.39, 0.29) is 17.9 Å². The second-order valence-corrected chi connectivity index (χ2v) is 5.19. The second kappa shape index (κ2) is 6.97. The molecule has 1 fully saturated rings. The lowest BCUT2D eigenvalue weighted by atomic mass is 9.83. The van der Waals surface area contributed by atoms with Crippen LogP contribution < -0.4 is 5.32 Å². The molecule has 2 N–H and O–H groups in total. The third-order valence-corrected chi connectivity index (χ3v) is 3.55. The zero-order valence-electron chi connectivity index (χ0n) is 11.6. The molecule has 1 aliphatic rings. The summed E-state index contributed by atoms with van der Waals surface area (Å²) in [5.41, 5.74) is 0.742. The van der Waals surface area contributed by atoms with Crippen molar-refractivity contribution >= 4 is 12.4 Å². The molecule has 0 bridgehead atoms. The minimum atomic E-state index is -0.250. The largest absolute Gasteiger partial charge is 0.483 e. The molecule has 0 aromatic carbocycles. The topological polar surface area (TPSA) is 71.3 Å². The van der Waals surface area contributed by atoms with Gasteiger partial charge in [-0.3, -0.25) is 9.59 Å². The minimum absolute atomic E-state index is 0.000394. The van der Waals surface area contributed by atoms with E-state index in [1.807, 2.05) is 29.9 Å². The number of aryl methyl sites for hydroxylation is 1. The van der Waals surface area contributed by atoms with Gasteiger partial charge in [0, 0.05) is 18.8 Å². The van der Waals surface area contributed by atoms with Gasteiger partial charge < -0.3 is 15.0 Å². The van der Waals surface area contributed by atoms with Gasteiger partial charge in [-0.25, -0.2) is 0 Å². The van der Waals surface area contributed by atoms with Crippen molar-refractivity contribution in [3.8, 4) is 0 Å². The van der Waals surface area contributed by atoms with E-state index in [9.17, 15) is 4.79 Å². The summed E-state index contributed by atoms with van der Waals surface area (Å²) in [5, 5.41) is 10.1. The van der Waals surface area contributed by atoms with E-state index in [1.54, 1.807) is 0 Å². The zero-order valence-corrected chi connectivity index (χ0v) is 11.6. The number of nitrogens with one attached hydrogen (secondary N) is 1. The molecule has 5 heteroatoms. The second-order valence-electron chi connectivity index (χ2n) is 5.19. The summed E-state index contributed by atoms with van der Waals surface area (Å²) in [6.45, 7) is 1.91. The van der Waals surface area contributed by atoms with Gasteiger partial charge in [0.15, 0.2) is 0 Å². The highest BCUT2D eigenvalue weighted by atomic mass is 16.3. The van der Waals surface area contributed by atoms with Crippen molar-refractivity contribution in [2.75, 3.05) is 0 Å². The summed E-state index contributed by atoms with van der Waals surface area (Å²) in [7, 11) is 1.90. The van der Waals surface area contributed by atoms with E-state index in [1.165, 1.54) is 19.3 Å². The normalized spacial score (nSPS) is 16.9. The minimum Gasteiger partial charge on any atom is -0.483 e. The van der Waals surface area contributed by atoms with Crippen LogP contribution in [0, 0.1) is 0 Å². The summed E-state index contributed by atoms with van der Waals surface area (Å²) in [6, 6.07) is 3.76. The number of hydrogen-bond donors (Lipinski definition) is 2. The smallest absolute Gasteiger partial charge is 0.290 e. The SMILES string of the molecule is Cn1cccc1C(=O)NC1(C)CCCCC1.O=CO. The lowest BCUT2D eigenvalue weighted by molar-refractivity contribution is -0.122. The molecule has 1 aliphatic carbocycles. The van der Waals surface area contributed by atoms with E-state index in [0.717, 1.165) is 18.5 Å². The van der Waals surface area contributed by atoms with Crippen molar-refractivity contribution in [1.82, 2.24) is 9.88 Å². The van der Waals surface area contributed by atoms with Gasteiger partial charge in [-0.15, -0.1) is 0 Å². The van der Waals surface area contributed by atoms with Crippen molar-refractivity contribution in [3.63, 3.8) is 0 Å². The Morgan fingerprint density at radius 3 is 2.47 bits per heavy atom. The standard InChI is InChI=1S/C13H20N2O.CH2O2/c1-13(8-4-3-5-9-13)14-12(16)11-7-6-10-15(11)2;2-1-3/h6-7,10H,3-5,8-9H2,1-2H3,(H,14,16);1H,(H,2,3). The number of hydrogen-bond acceptors (Lipinski definition) is 2. The Balaban J connectivity index is 0.000000550. The van der Waals surface area contributed by atoms with Crippen LogP contribution in [0.2, 0.25) is 0 Å². The third kappa shape index (κ3) is 4.43. The van der Waals surface area contributed by atoms with Crippen molar-refractivity contribution in [3.05, 3.63) is 24.0 Å². The first-order chi connectivity index (χ1) is 9.02. The van der Waals surface area contributed by atoms with Crippen LogP contribution in [-0.2, 0) is 11.8 Å². The molecule has 1 aromatic rings. The quantitative estimate of drug-likeness (QED) is 0.806. The molecule has 106 valence electrons. The molecule has 0 unspecified atom stereocenters. The summed E-state index contributed by atoms with van der Waals surface area (Å²) in [4.78, 5) is 20.4. The van der Waals surface area contributed by atoms with E-state index >= 15 is 0 Å². The lowest BCUT2D eigenvalue weighted by Gasteiger charge is -2.34. The molecule has 0 aliphatic heterocycles. The van der Waals surface area contributed by atoms with Crippen LogP contribution in [0.5, 0.6) is 0 Å². The Hall–Kier alpha value is -1.78. The van der Waals surface area contributed by atoms with Crippen LogP contribution in [-0.4, -0.2) is 27.6 Å². The summed E-state index contributed by atoms with van der Waals surface area (Å²) < 4.78 is 1.86. The molecule has 0 spiro atoms. The number of nitrogens with zero attached hydrogens (tertiary/aromatic N) is 1. The maximum Gasteiger partial charge on any atom is 0.290 e. The van der Waals surface area contributed by atoms with Crippen LogP contribution in [0.15, 0.2) is 18.3 Å². The molecule has 1 aromatic heterocycles. The van der Waals surface area contributed by atoms with Crippen LogP contribution in [0.3, 0.4) is 0 Å². The first-order valence-corrected chi connectivity index (χ1v) is 6.54. The van der Waals surface area contributed by atoms with E-state index in [4.69, 9.17) is 9.90 Å². The zero-order chi connectivity index (χ0) is 14.3. The monoisotopic (exact) mass is 266 g/mol. The third-order valence-electron chi connectivity index (χ3n) is 3.55. The molecule has 0 radical (unpaired) electrons. The van der Waals surface area contributed by atoms with Gasteiger partial charge in [-0.2, -0.15) is 0 Å². The van der Waals surface area contributed by atoms with Gasteiger partial charge in [-0.1, -0.05) is 19.3 Å². The summed E-state index contributed by atoms with van der Waals surface area (Å²) >= 11 is 0. The average Bonchev–Trinajstić information content (AvgIpc) is 2.77. The molecule has 1 saturated carbocycles. The first-order valence-electron chi connectivity index (χ1n) is 6.54. The fourth-order valence-electron chi connectivity index (χ4n) is 2.49. The number of carboxylic acid groups (broad SMARTS) is 1. The number of carbonyl (C=O) groups excluding carboxylic acids is 1. The Morgan fingerprint density at radius 2 is 2.00 bits per heavy atom. The number of amides is 1. The van der Waals surface area contributed by atoms with Gasteiger partial charge in [0.05, 0.1) is 0 Å². The van der Waals surface area contributed by atoms with Crippen LogP contribution in [0.1, 0.15) is 49.5 Å². The molecular formula is C14H22N2O3. The molecular weight excluding hydrogens is 244 g/mol. The Morgan fingerprint density at radius 1 is 1.42 bits per heavy atom. The van der Waals surface area contributed by atoms with E-state index in [0.29, 0.717) is 0 Å². The molecule has 0 saturated heterocycles. The molecule has 1 amide bonds. The van der Waals surface area contributed by atoms with Gasteiger partial charge in [0.25, 0.3) is 12.4 Å². The van der Waals surface area contributed by atoms with Crippen molar-refractivity contribution in [1.29, 1.82) is 0 Å². The van der Waals surface area contributed by atoms with Crippen molar-refractivity contribution in [2.45, 2.75) is 44.6 Å². The molecule has 19 heavy (non-hydrogen) atoms. The molecule has 2 rings (SSSR count). The van der Waals surface area contributed by atoms with Gasteiger partial charge >= 0.3 is 0 Å². The molecule has 0 atom stereocenters. The fraction of sp³-hybridized carbons (Fsp3) is 0.571. The maximum atomic E-state index is 12.1. The van der Waals surface area contributed by atoms with Crippen molar-refractivity contribution in [2.24, 2.45) is 7.05 Å². The Labute approximate surface area is 113 Å². The highest BCUT2D eigenvalue weighted by Gasteiger charge is 2.29. The summed E-state index contributed by atoms with van der Waals surface area (Å²) in [6.07, 6.45) is 7.86. The average molecular weight is 266 g/mol. The molecule has 5 nitrogen and oxygen atoms in total. The first kappa shape index (κ1) is 15.3. The van der Waals surface area contributed by atoms with Gasteiger partial charge in [0.1, 0.15) is 5.69 Å². The number of rotatable bonds is 2. The van der Waals surface area contributed by atoms with E-state index < -0.39 is 0 Å². The van der Waals surface area contributed by atoms with Crippen LogP contribution >= 0.6 is 0 Å². The number of aromatic nitrogens is 1. The predicted molar refractivity (Wildman–Crippen MR) is 73.1 cm³/mol. The Bertz CT molecular complexity index is 420. The van der Waals surface area contributed by atoms with Gasteiger partial charge in [-0.05, 0) is 31.9 Å². The van der Waals surface area contributed by atoms with Crippen LogP contribution in [0.25, 0.3) is 0 Å². The fourth-order valence-corrected chi connectivity index (χ4v) is 2.49. The van der Waals surface area contributed by atoms with Crippen molar-refractivity contribution < 1.29 is 14.7 Å².